The van der Waals surface area contributed by atoms with E-state index in [4.69, 9.17) is 0 Å². The largest absolute Gasteiger partial charge is 0.378 e. The van der Waals surface area contributed by atoms with Gasteiger partial charge in [0.1, 0.15) is 0 Å². The van der Waals surface area contributed by atoms with E-state index in [1.165, 1.54) is 23.3 Å². The standard InChI is InChI=1S/C18H19F2NO2S/c19-18(20)24(22,23)15-11-9-14(10-12-15)21-17-8-4-2-6-13-5-1-3-7-16(13)17/h1,3,5,7,9-12,17-18,21H,2,4,6,8H2/t17-/m1/s1. The summed E-state index contributed by atoms with van der Waals surface area (Å²) in [5, 5.41) is 3.40. The minimum atomic E-state index is -4.54. The number of nitrogens with one attached hydrogen (secondary N) is 1. The zero-order chi connectivity index (χ0) is 17.2. The third-order valence-corrected chi connectivity index (χ3v) is 5.78. The molecular formula is C18H19F2NO2S. The van der Waals surface area contributed by atoms with Crippen LogP contribution in [0.2, 0.25) is 0 Å². The van der Waals surface area contributed by atoms with Crippen molar-refractivity contribution in [1.82, 2.24) is 0 Å². The summed E-state index contributed by atoms with van der Waals surface area (Å²) in [4.78, 5) is -0.357. The summed E-state index contributed by atoms with van der Waals surface area (Å²) < 4.78 is 48.1. The van der Waals surface area contributed by atoms with Crippen molar-refractivity contribution in [1.29, 1.82) is 0 Å². The van der Waals surface area contributed by atoms with Crippen LogP contribution >= 0.6 is 0 Å². The van der Waals surface area contributed by atoms with E-state index >= 15 is 0 Å². The Bertz CT molecular complexity index is 804. The van der Waals surface area contributed by atoms with Gasteiger partial charge in [-0.3, -0.25) is 0 Å². The highest BCUT2D eigenvalue weighted by Gasteiger charge is 2.26. The topological polar surface area (TPSA) is 46.2 Å². The third-order valence-electron chi connectivity index (χ3n) is 4.38. The molecule has 1 N–H and O–H groups in total. The second-order valence-electron chi connectivity index (χ2n) is 5.97. The lowest BCUT2D eigenvalue weighted by Crippen LogP contribution is -2.13. The first-order chi connectivity index (χ1) is 11.5. The number of hydrogen-bond donors (Lipinski definition) is 1. The first-order valence-electron chi connectivity index (χ1n) is 7.95. The number of alkyl halides is 2. The molecule has 0 aromatic heterocycles. The fraction of sp³-hybridized carbons (Fsp3) is 0.333. The van der Waals surface area contributed by atoms with E-state index in [0.717, 1.165) is 31.4 Å². The molecule has 3 rings (SSSR count). The molecule has 0 fully saturated rings. The molecule has 1 aliphatic carbocycles. The molecule has 0 radical (unpaired) electrons. The predicted octanol–water partition coefficient (Wildman–Crippen LogP) is 4.56. The monoisotopic (exact) mass is 351 g/mol. The summed E-state index contributed by atoms with van der Waals surface area (Å²) in [5.41, 5.74) is 3.30. The van der Waals surface area contributed by atoms with E-state index in [-0.39, 0.29) is 10.9 Å². The van der Waals surface area contributed by atoms with Gasteiger partial charge in [-0.15, -0.1) is 0 Å². The fourth-order valence-corrected chi connectivity index (χ4v) is 3.84. The number of sulfone groups is 1. The summed E-state index contributed by atoms with van der Waals surface area (Å²) in [6.07, 6.45) is 4.28. The van der Waals surface area contributed by atoms with Gasteiger partial charge in [0.25, 0.3) is 0 Å². The summed E-state index contributed by atoms with van der Waals surface area (Å²) in [6.45, 7) is 0. The van der Waals surface area contributed by atoms with Crippen molar-refractivity contribution in [3.63, 3.8) is 0 Å². The molecule has 3 nitrogen and oxygen atoms in total. The fourth-order valence-electron chi connectivity index (χ4n) is 3.12. The Balaban J connectivity index is 1.82. The molecule has 0 saturated carbocycles. The number of anilines is 1. The van der Waals surface area contributed by atoms with Gasteiger partial charge in [-0.05, 0) is 54.7 Å². The first kappa shape index (κ1) is 16.9. The van der Waals surface area contributed by atoms with Crippen LogP contribution in [0.1, 0.15) is 36.4 Å². The summed E-state index contributed by atoms with van der Waals surface area (Å²) >= 11 is 0. The number of fused-ring (bicyclic) bond motifs is 1. The lowest BCUT2D eigenvalue weighted by atomic mass is 9.99. The number of halogens is 2. The quantitative estimate of drug-likeness (QED) is 0.821. The normalized spacial score (nSPS) is 18.0. The molecule has 2 aromatic rings. The first-order valence-corrected chi connectivity index (χ1v) is 9.49. The molecule has 1 aliphatic rings. The number of rotatable bonds is 4. The van der Waals surface area contributed by atoms with Gasteiger partial charge in [-0.1, -0.05) is 30.7 Å². The minimum absolute atomic E-state index is 0.140. The highest BCUT2D eigenvalue weighted by molar-refractivity contribution is 7.91. The van der Waals surface area contributed by atoms with E-state index in [0.29, 0.717) is 0 Å². The zero-order valence-corrected chi connectivity index (χ0v) is 13.9. The smallest absolute Gasteiger partial charge is 0.341 e. The summed E-state index contributed by atoms with van der Waals surface area (Å²) in [5.74, 6) is -3.40. The average molecular weight is 351 g/mol. The Kier molecular flexibility index (Phi) is 4.85. The molecule has 0 aliphatic heterocycles. The lowest BCUT2D eigenvalue weighted by Gasteiger charge is -2.20. The van der Waals surface area contributed by atoms with Crippen LogP contribution in [0.25, 0.3) is 0 Å². The average Bonchev–Trinajstić information content (AvgIpc) is 2.78. The Morgan fingerprint density at radius 3 is 2.42 bits per heavy atom. The van der Waals surface area contributed by atoms with Crippen LogP contribution in [0.4, 0.5) is 14.5 Å². The molecule has 2 aromatic carbocycles. The van der Waals surface area contributed by atoms with Crippen molar-refractivity contribution in [2.24, 2.45) is 0 Å². The SMILES string of the molecule is O=S(=O)(c1ccc(N[C@@H]2CCCCc3ccccc32)cc1)C(F)F. The number of aryl methyl sites for hydroxylation is 1. The zero-order valence-electron chi connectivity index (χ0n) is 13.1. The van der Waals surface area contributed by atoms with Crippen LogP contribution in [0.3, 0.4) is 0 Å². The van der Waals surface area contributed by atoms with E-state index < -0.39 is 15.6 Å². The predicted molar refractivity (Wildman–Crippen MR) is 90.0 cm³/mol. The van der Waals surface area contributed by atoms with E-state index in [2.05, 4.69) is 17.4 Å². The van der Waals surface area contributed by atoms with Gasteiger partial charge in [0.2, 0.25) is 9.84 Å². The van der Waals surface area contributed by atoms with Crippen molar-refractivity contribution in [3.8, 4) is 0 Å². The van der Waals surface area contributed by atoms with Crippen LogP contribution in [-0.2, 0) is 16.3 Å². The van der Waals surface area contributed by atoms with Gasteiger partial charge >= 0.3 is 5.76 Å². The number of hydrogen-bond acceptors (Lipinski definition) is 3. The molecule has 0 saturated heterocycles. The van der Waals surface area contributed by atoms with Gasteiger partial charge in [-0.25, -0.2) is 8.42 Å². The molecule has 0 unspecified atom stereocenters. The molecular weight excluding hydrogens is 332 g/mol. The Morgan fingerprint density at radius 2 is 1.71 bits per heavy atom. The van der Waals surface area contributed by atoms with Crippen LogP contribution in [0, 0.1) is 0 Å². The maximum atomic E-state index is 12.6. The van der Waals surface area contributed by atoms with E-state index in [1.807, 2.05) is 12.1 Å². The van der Waals surface area contributed by atoms with Crippen molar-refractivity contribution < 1.29 is 17.2 Å². The minimum Gasteiger partial charge on any atom is -0.378 e. The van der Waals surface area contributed by atoms with Crippen LogP contribution in [0.15, 0.2) is 53.4 Å². The Labute approximate surface area is 140 Å². The highest BCUT2D eigenvalue weighted by Crippen LogP contribution is 2.32. The van der Waals surface area contributed by atoms with Gasteiger partial charge < -0.3 is 5.32 Å². The van der Waals surface area contributed by atoms with Crippen molar-refractivity contribution in [2.45, 2.75) is 42.4 Å². The number of benzene rings is 2. The van der Waals surface area contributed by atoms with Crippen LogP contribution in [-0.4, -0.2) is 14.2 Å². The third kappa shape index (κ3) is 3.43. The van der Waals surface area contributed by atoms with Crippen molar-refractivity contribution in [3.05, 3.63) is 59.7 Å². The molecule has 0 bridgehead atoms. The molecule has 0 heterocycles. The van der Waals surface area contributed by atoms with E-state index in [1.54, 1.807) is 12.1 Å². The Hall–Kier alpha value is -1.95. The summed E-state index contributed by atoms with van der Waals surface area (Å²) in [7, 11) is -4.54. The summed E-state index contributed by atoms with van der Waals surface area (Å²) in [6, 6.07) is 14.0. The lowest BCUT2D eigenvalue weighted by molar-refractivity contribution is 0.234. The van der Waals surface area contributed by atoms with Crippen LogP contribution < -0.4 is 5.32 Å². The molecule has 1 atom stereocenters. The molecule has 24 heavy (non-hydrogen) atoms. The van der Waals surface area contributed by atoms with Gasteiger partial charge in [0.15, 0.2) is 0 Å². The van der Waals surface area contributed by atoms with Crippen molar-refractivity contribution in [2.75, 3.05) is 5.32 Å². The highest BCUT2D eigenvalue weighted by atomic mass is 32.2. The van der Waals surface area contributed by atoms with E-state index in [9.17, 15) is 17.2 Å². The second kappa shape index (κ2) is 6.89. The molecule has 0 spiro atoms. The molecule has 0 amide bonds. The van der Waals surface area contributed by atoms with Crippen LogP contribution in [0.5, 0.6) is 0 Å². The molecule has 128 valence electrons. The second-order valence-corrected chi connectivity index (χ2v) is 7.89. The molecule has 6 heteroatoms. The van der Waals surface area contributed by atoms with Gasteiger partial charge in [-0.2, -0.15) is 8.78 Å². The maximum Gasteiger partial charge on any atom is 0.341 e. The van der Waals surface area contributed by atoms with Crippen molar-refractivity contribution >= 4 is 15.5 Å². The van der Waals surface area contributed by atoms with Gasteiger partial charge in [0, 0.05) is 5.69 Å². The maximum absolute atomic E-state index is 12.6. The Morgan fingerprint density at radius 1 is 1.00 bits per heavy atom. The van der Waals surface area contributed by atoms with Gasteiger partial charge in [0.05, 0.1) is 10.9 Å².